The molecule has 0 spiro atoms. The van der Waals surface area contributed by atoms with Gasteiger partial charge in [-0.2, -0.15) is 0 Å². The van der Waals surface area contributed by atoms with Crippen LogP contribution in [0.5, 0.6) is 0 Å². The van der Waals surface area contributed by atoms with Gasteiger partial charge in [-0.3, -0.25) is 4.79 Å². The Morgan fingerprint density at radius 1 is 1.10 bits per heavy atom. The lowest BCUT2D eigenvalue weighted by Gasteiger charge is -2.20. The molecule has 1 heterocycles. The van der Waals surface area contributed by atoms with Gasteiger partial charge in [0, 0.05) is 26.2 Å². The monoisotopic (exact) mass is 280 g/mol. The van der Waals surface area contributed by atoms with Gasteiger partial charge in [-0.15, -0.1) is 0 Å². The maximum absolute atomic E-state index is 11.9. The van der Waals surface area contributed by atoms with Crippen molar-refractivity contribution in [2.45, 2.75) is 13.0 Å². The largest absolute Gasteiger partial charge is 0.345 e. The van der Waals surface area contributed by atoms with Crippen LogP contribution in [0.3, 0.4) is 0 Å². The molecule has 2 aromatic rings. The molecule has 0 saturated heterocycles. The van der Waals surface area contributed by atoms with Gasteiger partial charge < -0.3 is 10.2 Å². The third kappa shape index (κ3) is 2.69. The highest BCUT2D eigenvalue weighted by Gasteiger charge is 2.14. The van der Waals surface area contributed by atoms with Crippen LogP contribution < -0.4 is 5.32 Å². The molecule has 1 aliphatic rings. The first-order chi connectivity index (χ1) is 10.2. The first kappa shape index (κ1) is 13.8. The Balaban J connectivity index is 1.96. The average Bonchev–Trinajstić information content (AvgIpc) is 2.53. The highest BCUT2D eigenvalue weighted by atomic mass is 16.2. The van der Waals surface area contributed by atoms with Crippen molar-refractivity contribution < 1.29 is 4.79 Å². The van der Waals surface area contributed by atoms with Crippen LogP contribution in [-0.4, -0.2) is 31.4 Å². The second-order valence-corrected chi connectivity index (χ2v) is 5.65. The van der Waals surface area contributed by atoms with Gasteiger partial charge in [0.2, 0.25) is 0 Å². The molecule has 3 rings (SSSR count). The normalized spacial score (nSPS) is 13.6. The molecule has 21 heavy (non-hydrogen) atoms. The maximum atomic E-state index is 11.9. The van der Waals surface area contributed by atoms with Gasteiger partial charge >= 0.3 is 0 Å². The molecule has 0 aromatic heterocycles. The second kappa shape index (κ2) is 5.70. The molecule has 1 N–H and O–H groups in total. The molecule has 3 nitrogen and oxygen atoms in total. The Morgan fingerprint density at radius 2 is 1.86 bits per heavy atom. The van der Waals surface area contributed by atoms with Crippen molar-refractivity contribution in [1.29, 1.82) is 0 Å². The summed E-state index contributed by atoms with van der Waals surface area (Å²) in [5.41, 5.74) is 6.02. The van der Waals surface area contributed by atoms with E-state index in [9.17, 15) is 4.79 Å². The summed E-state index contributed by atoms with van der Waals surface area (Å²) < 4.78 is 0. The van der Waals surface area contributed by atoms with E-state index < -0.39 is 0 Å². The minimum atomic E-state index is 0.0424. The number of carbonyl (C=O) groups excluding carboxylic acids is 1. The Bertz CT molecular complexity index is 659. The predicted molar refractivity (Wildman–Crippen MR) is 85.3 cm³/mol. The molecule has 0 atom stereocenters. The summed E-state index contributed by atoms with van der Waals surface area (Å²) in [4.78, 5) is 13.5. The molecule has 1 amide bonds. The number of hydrogen-bond acceptors (Lipinski definition) is 2. The van der Waals surface area contributed by atoms with Crippen LogP contribution in [0.4, 0.5) is 0 Å². The minimum Gasteiger partial charge on any atom is -0.345 e. The summed E-state index contributed by atoms with van der Waals surface area (Å²) >= 11 is 0. The van der Waals surface area contributed by atoms with Crippen molar-refractivity contribution in [2.75, 3.05) is 20.6 Å². The number of nitrogens with zero attached hydrogens (tertiary/aromatic N) is 1. The lowest BCUT2D eigenvalue weighted by molar-refractivity contribution is 0.0827. The number of hydrogen-bond donors (Lipinski definition) is 1. The Labute approximate surface area is 125 Å². The SMILES string of the molecule is CN(C)C(=O)c1ccc(-c2cccc3c2CCNC3)cc1. The molecule has 0 unspecified atom stereocenters. The smallest absolute Gasteiger partial charge is 0.253 e. The molecule has 1 aliphatic heterocycles. The minimum absolute atomic E-state index is 0.0424. The van der Waals surface area contributed by atoms with E-state index in [1.807, 2.05) is 24.3 Å². The number of amides is 1. The quantitative estimate of drug-likeness (QED) is 0.917. The highest BCUT2D eigenvalue weighted by molar-refractivity contribution is 5.94. The van der Waals surface area contributed by atoms with Crippen molar-refractivity contribution in [3.63, 3.8) is 0 Å². The molecule has 0 saturated carbocycles. The van der Waals surface area contributed by atoms with Crippen LogP contribution in [0.2, 0.25) is 0 Å². The lowest BCUT2D eigenvalue weighted by Crippen LogP contribution is -2.24. The zero-order chi connectivity index (χ0) is 14.8. The summed E-state index contributed by atoms with van der Waals surface area (Å²) in [7, 11) is 3.55. The topological polar surface area (TPSA) is 32.3 Å². The van der Waals surface area contributed by atoms with Crippen LogP contribution in [0.25, 0.3) is 11.1 Å². The third-order valence-electron chi connectivity index (χ3n) is 3.99. The Morgan fingerprint density at radius 3 is 2.57 bits per heavy atom. The summed E-state index contributed by atoms with van der Waals surface area (Å²) in [6.07, 6.45) is 1.06. The van der Waals surface area contributed by atoms with E-state index >= 15 is 0 Å². The van der Waals surface area contributed by atoms with Crippen LogP contribution in [0.1, 0.15) is 21.5 Å². The number of rotatable bonds is 2. The zero-order valence-electron chi connectivity index (χ0n) is 12.5. The molecule has 3 heteroatoms. The maximum Gasteiger partial charge on any atom is 0.253 e. The van der Waals surface area contributed by atoms with Crippen molar-refractivity contribution >= 4 is 5.91 Å². The molecule has 2 aromatic carbocycles. The standard InChI is InChI=1S/C18H20N2O/c1-20(2)18(21)14-8-6-13(7-9-14)16-5-3-4-15-12-19-11-10-17(15)16/h3-9,19H,10-12H2,1-2H3. The molecular weight excluding hydrogens is 260 g/mol. The van der Waals surface area contributed by atoms with Crippen LogP contribution in [0, 0.1) is 0 Å². The Kier molecular flexibility index (Phi) is 3.76. The number of nitrogens with one attached hydrogen (secondary N) is 1. The fourth-order valence-electron chi connectivity index (χ4n) is 2.85. The molecule has 108 valence electrons. The lowest BCUT2D eigenvalue weighted by atomic mass is 9.91. The first-order valence-corrected chi connectivity index (χ1v) is 7.30. The molecule has 0 radical (unpaired) electrons. The summed E-state index contributed by atoms with van der Waals surface area (Å²) in [6.45, 7) is 1.97. The highest BCUT2D eigenvalue weighted by Crippen LogP contribution is 2.28. The second-order valence-electron chi connectivity index (χ2n) is 5.65. The predicted octanol–water partition coefficient (Wildman–Crippen LogP) is 2.70. The van der Waals surface area contributed by atoms with E-state index in [4.69, 9.17) is 0 Å². The fraction of sp³-hybridized carbons (Fsp3) is 0.278. The first-order valence-electron chi connectivity index (χ1n) is 7.30. The van der Waals surface area contributed by atoms with Crippen molar-refractivity contribution in [3.05, 3.63) is 59.2 Å². The Hall–Kier alpha value is -2.13. The third-order valence-corrected chi connectivity index (χ3v) is 3.99. The van der Waals surface area contributed by atoms with Gasteiger partial charge in [0.15, 0.2) is 0 Å². The summed E-state index contributed by atoms with van der Waals surface area (Å²) in [5, 5.41) is 3.41. The number of benzene rings is 2. The van der Waals surface area contributed by atoms with E-state index in [0.29, 0.717) is 0 Å². The van der Waals surface area contributed by atoms with Gasteiger partial charge in [-0.05, 0) is 47.4 Å². The van der Waals surface area contributed by atoms with Gasteiger partial charge in [0.1, 0.15) is 0 Å². The summed E-state index contributed by atoms with van der Waals surface area (Å²) in [6, 6.07) is 14.4. The molecule has 0 aliphatic carbocycles. The van der Waals surface area contributed by atoms with E-state index in [-0.39, 0.29) is 5.91 Å². The molecule has 0 fully saturated rings. The van der Waals surface area contributed by atoms with Crippen molar-refractivity contribution in [2.24, 2.45) is 0 Å². The number of carbonyl (C=O) groups is 1. The van der Waals surface area contributed by atoms with Crippen LogP contribution in [0.15, 0.2) is 42.5 Å². The van der Waals surface area contributed by atoms with Gasteiger partial charge in [-0.25, -0.2) is 0 Å². The number of fused-ring (bicyclic) bond motifs is 1. The van der Waals surface area contributed by atoms with E-state index in [2.05, 4.69) is 23.5 Å². The van der Waals surface area contributed by atoms with Crippen molar-refractivity contribution in [3.8, 4) is 11.1 Å². The van der Waals surface area contributed by atoms with E-state index in [1.54, 1.807) is 19.0 Å². The van der Waals surface area contributed by atoms with Crippen LogP contribution in [-0.2, 0) is 13.0 Å². The molecular formula is C18H20N2O. The zero-order valence-corrected chi connectivity index (χ0v) is 12.5. The van der Waals surface area contributed by atoms with E-state index in [0.717, 1.165) is 25.1 Å². The van der Waals surface area contributed by atoms with Gasteiger partial charge in [0.25, 0.3) is 5.91 Å². The van der Waals surface area contributed by atoms with Crippen molar-refractivity contribution in [1.82, 2.24) is 10.2 Å². The van der Waals surface area contributed by atoms with Gasteiger partial charge in [-0.1, -0.05) is 30.3 Å². The van der Waals surface area contributed by atoms with Crippen LogP contribution >= 0.6 is 0 Å². The van der Waals surface area contributed by atoms with Gasteiger partial charge in [0.05, 0.1) is 0 Å². The van der Waals surface area contributed by atoms with E-state index in [1.165, 1.54) is 22.3 Å². The fourth-order valence-corrected chi connectivity index (χ4v) is 2.85. The summed E-state index contributed by atoms with van der Waals surface area (Å²) in [5.74, 6) is 0.0424. The average molecular weight is 280 g/mol. The molecule has 0 bridgehead atoms.